The summed E-state index contributed by atoms with van der Waals surface area (Å²) in [6.45, 7) is -1.24. The molecule has 0 saturated heterocycles. The van der Waals surface area contributed by atoms with Gasteiger partial charge in [0.2, 0.25) is 10.0 Å². The van der Waals surface area contributed by atoms with Crippen molar-refractivity contribution in [2.45, 2.75) is 12.5 Å². The van der Waals surface area contributed by atoms with Gasteiger partial charge in [0.15, 0.2) is 6.61 Å². The number of amides is 1. The number of furan rings is 1. The Kier molecular flexibility index (Phi) is 8.16. The van der Waals surface area contributed by atoms with E-state index in [9.17, 15) is 18.0 Å². The minimum absolute atomic E-state index is 0.396. The van der Waals surface area contributed by atoms with Crippen molar-refractivity contribution in [2.75, 3.05) is 20.3 Å². The normalized spacial score (nSPS) is 15.5. The SMILES string of the molecule is COc1ccc(C2=NN(C(=O)COC(=O)CNS(=O)(=O)/C=C/c3ccccc3)[C@@H](c3ccco3)C2)cc1. The number of benzene rings is 2. The van der Waals surface area contributed by atoms with Crippen LogP contribution in [0.3, 0.4) is 0 Å². The Bertz CT molecular complexity index is 1380. The van der Waals surface area contributed by atoms with Crippen LogP contribution in [0.1, 0.15) is 29.3 Å². The summed E-state index contributed by atoms with van der Waals surface area (Å²) in [5.41, 5.74) is 2.15. The van der Waals surface area contributed by atoms with Crippen LogP contribution in [-0.2, 0) is 24.3 Å². The molecule has 10 nitrogen and oxygen atoms in total. The van der Waals surface area contributed by atoms with Gasteiger partial charge in [0.25, 0.3) is 5.91 Å². The van der Waals surface area contributed by atoms with Crippen LogP contribution in [0.25, 0.3) is 6.08 Å². The summed E-state index contributed by atoms with van der Waals surface area (Å²) in [5.74, 6) is -0.260. The Morgan fingerprint density at radius 2 is 1.86 bits per heavy atom. The fourth-order valence-electron chi connectivity index (χ4n) is 3.60. The summed E-state index contributed by atoms with van der Waals surface area (Å²) in [6.07, 6.45) is 3.30. The molecule has 0 spiro atoms. The predicted octanol–water partition coefficient (Wildman–Crippen LogP) is 3.10. The molecule has 0 bridgehead atoms. The second kappa shape index (κ2) is 11.7. The maximum atomic E-state index is 12.9. The van der Waals surface area contributed by atoms with Gasteiger partial charge >= 0.3 is 5.97 Å². The van der Waals surface area contributed by atoms with Crippen molar-refractivity contribution in [3.05, 3.63) is 95.3 Å². The smallest absolute Gasteiger partial charge is 0.321 e. The van der Waals surface area contributed by atoms with Crippen LogP contribution >= 0.6 is 0 Å². The number of hydrogen-bond donors (Lipinski definition) is 1. The first-order chi connectivity index (χ1) is 17.8. The van der Waals surface area contributed by atoms with Gasteiger partial charge in [-0.15, -0.1) is 0 Å². The number of carbonyl (C=O) groups is 2. The zero-order valence-electron chi connectivity index (χ0n) is 19.9. The molecule has 11 heteroatoms. The van der Waals surface area contributed by atoms with Gasteiger partial charge in [0, 0.05) is 11.8 Å². The maximum absolute atomic E-state index is 12.9. The number of nitrogens with zero attached hydrogens (tertiary/aromatic N) is 2. The molecule has 1 aliphatic heterocycles. The zero-order valence-corrected chi connectivity index (χ0v) is 20.8. The Morgan fingerprint density at radius 1 is 1.11 bits per heavy atom. The molecular formula is C26H25N3O7S. The highest BCUT2D eigenvalue weighted by Gasteiger charge is 2.35. The first kappa shape index (κ1) is 25.9. The van der Waals surface area contributed by atoms with E-state index < -0.39 is 41.1 Å². The molecule has 37 heavy (non-hydrogen) atoms. The number of nitrogens with one attached hydrogen (secondary N) is 1. The number of hydrogen-bond acceptors (Lipinski definition) is 8. The van der Waals surface area contributed by atoms with Gasteiger partial charge in [-0.25, -0.2) is 18.1 Å². The van der Waals surface area contributed by atoms with Crippen molar-refractivity contribution in [3.63, 3.8) is 0 Å². The molecule has 1 aliphatic rings. The molecule has 0 aliphatic carbocycles. The lowest BCUT2D eigenvalue weighted by atomic mass is 10.0. The van der Waals surface area contributed by atoms with E-state index in [-0.39, 0.29) is 0 Å². The molecule has 2 aromatic carbocycles. The van der Waals surface area contributed by atoms with Crippen molar-refractivity contribution < 1.29 is 31.9 Å². The molecule has 1 aromatic heterocycles. The Balaban J connectivity index is 1.36. The minimum atomic E-state index is -3.88. The number of sulfonamides is 1. The van der Waals surface area contributed by atoms with Gasteiger partial charge in [-0.2, -0.15) is 5.10 Å². The van der Waals surface area contributed by atoms with Crippen molar-refractivity contribution in [3.8, 4) is 5.75 Å². The number of carbonyl (C=O) groups excluding carboxylic acids is 2. The van der Waals surface area contributed by atoms with E-state index in [1.807, 2.05) is 18.2 Å². The van der Waals surface area contributed by atoms with Gasteiger partial charge in [0.1, 0.15) is 24.1 Å². The molecular weight excluding hydrogens is 498 g/mol. The highest BCUT2D eigenvalue weighted by molar-refractivity contribution is 7.92. The van der Waals surface area contributed by atoms with Gasteiger partial charge < -0.3 is 13.9 Å². The molecule has 3 aromatic rings. The fraction of sp³-hybridized carbons (Fsp3) is 0.192. The van der Waals surface area contributed by atoms with Crippen molar-refractivity contribution in [1.29, 1.82) is 0 Å². The first-order valence-electron chi connectivity index (χ1n) is 11.3. The van der Waals surface area contributed by atoms with Crippen LogP contribution in [0.4, 0.5) is 0 Å². The van der Waals surface area contributed by atoms with Crippen LogP contribution in [0.5, 0.6) is 5.75 Å². The van der Waals surface area contributed by atoms with E-state index in [2.05, 4.69) is 9.82 Å². The Labute approximate surface area is 214 Å². The lowest BCUT2D eigenvalue weighted by molar-refractivity contribution is -0.152. The first-order valence-corrected chi connectivity index (χ1v) is 12.8. The van der Waals surface area contributed by atoms with E-state index in [0.29, 0.717) is 29.2 Å². The van der Waals surface area contributed by atoms with Crippen LogP contribution in [0.15, 0.2) is 87.9 Å². The summed E-state index contributed by atoms with van der Waals surface area (Å²) in [5, 5.41) is 6.63. The summed E-state index contributed by atoms with van der Waals surface area (Å²) in [4.78, 5) is 25.1. The minimum Gasteiger partial charge on any atom is -0.497 e. The van der Waals surface area contributed by atoms with E-state index in [1.54, 1.807) is 55.6 Å². The fourth-order valence-corrected chi connectivity index (χ4v) is 4.35. The van der Waals surface area contributed by atoms with Gasteiger partial charge in [-0.1, -0.05) is 30.3 Å². The van der Waals surface area contributed by atoms with Crippen molar-refractivity contribution in [2.24, 2.45) is 5.10 Å². The number of hydrazone groups is 1. The Morgan fingerprint density at radius 3 is 2.54 bits per heavy atom. The molecule has 192 valence electrons. The van der Waals surface area contributed by atoms with Crippen molar-refractivity contribution >= 4 is 33.7 Å². The molecule has 1 amide bonds. The highest BCUT2D eigenvalue weighted by Crippen LogP contribution is 2.33. The quantitative estimate of drug-likeness (QED) is 0.405. The van der Waals surface area contributed by atoms with E-state index in [0.717, 1.165) is 11.0 Å². The number of methoxy groups -OCH3 is 1. The average Bonchev–Trinajstić information content (AvgIpc) is 3.61. The molecule has 1 atom stereocenters. The van der Waals surface area contributed by atoms with Crippen molar-refractivity contribution in [1.82, 2.24) is 9.73 Å². The number of ether oxygens (including phenoxy) is 2. The molecule has 4 rings (SSSR count). The second-order valence-electron chi connectivity index (χ2n) is 7.99. The topological polar surface area (TPSA) is 128 Å². The monoisotopic (exact) mass is 523 g/mol. The number of rotatable bonds is 10. The largest absolute Gasteiger partial charge is 0.497 e. The lowest BCUT2D eigenvalue weighted by Crippen LogP contribution is -2.34. The van der Waals surface area contributed by atoms with Gasteiger partial charge in [0.05, 0.1) is 19.1 Å². The van der Waals surface area contributed by atoms with E-state index in [1.165, 1.54) is 17.3 Å². The van der Waals surface area contributed by atoms with Gasteiger partial charge in [-0.05, 0) is 53.6 Å². The van der Waals surface area contributed by atoms with E-state index in [4.69, 9.17) is 13.9 Å². The summed E-state index contributed by atoms with van der Waals surface area (Å²) >= 11 is 0. The third kappa shape index (κ3) is 6.93. The molecule has 1 N–H and O–H groups in total. The summed E-state index contributed by atoms with van der Waals surface area (Å²) < 4.78 is 42.1. The molecule has 0 saturated carbocycles. The Hall–Kier alpha value is -4.22. The van der Waals surface area contributed by atoms with Crippen LogP contribution in [0, 0.1) is 0 Å². The predicted molar refractivity (Wildman–Crippen MR) is 136 cm³/mol. The average molecular weight is 524 g/mol. The van der Waals surface area contributed by atoms with Gasteiger partial charge in [-0.3, -0.25) is 9.59 Å². The highest BCUT2D eigenvalue weighted by atomic mass is 32.2. The molecule has 2 heterocycles. The zero-order chi connectivity index (χ0) is 26.3. The number of esters is 1. The third-order valence-corrected chi connectivity index (χ3v) is 6.52. The maximum Gasteiger partial charge on any atom is 0.321 e. The third-order valence-electron chi connectivity index (χ3n) is 5.47. The lowest BCUT2D eigenvalue weighted by Gasteiger charge is -2.19. The standard InChI is InChI=1S/C26H25N3O7S/c1-34-21-11-9-20(10-12-21)22-16-23(24-8-5-14-35-24)29(28-22)25(30)18-36-26(31)17-27-37(32,33)15-13-19-6-3-2-4-7-19/h2-15,23,27H,16-18H2,1H3/b15-13+/t23-/m1/s1. The second-order valence-corrected chi connectivity index (χ2v) is 9.64. The van der Waals surface area contributed by atoms with E-state index >= 15 is 0 Å². The molecule has 0 fully saturated rings. The molecule has 0 radical (unpaired) electrons. The van der Waals surface area contributed by atoms with Crippen LogP contribution < -0.4 is 9.46 Å². The molecule has 0 unspecified atom stereocenters. The summed E-state index contributed by atoms with van der Waals surface area (Å²) in [6, 6.07) is 19.0. The summed E-state index contributed by atoms with van der Waals surface area (Å²) in [7, 11) is -2.31. The van der Waals surface area contributed by atoms with Crippen LogP contribution in [-0.4, -0.2) is 51.3 Å². The van der Waals surface area contributed by atoms with Crippen LogP contribution in [0.2, 0.25) is 0 Å².